The molecule has 1 aliphatic carbocycles. The summed E-state index contributed by atoms with van der Waals surface area (Å²) in [6.45, 7) is 0.894. The first-order chi connectivity index (χ1) is 6.78. The Morgan fingerprint density at radius 2 is 1.93 bits per heavy atom. The molecule has 1 aromatic carbocycles. The second-order valence-corrected chi connectivity index (χ2v) is 4.87. The van der Waals surface area contributed by atoms with Crippen molar-refractivity contribution in [3.8, 4) is 0 Å². The van der Waals surface area contributed by atoms with Crippen molar-refractivity contribution in [3.05, 3.63) is 34.9 Å². The molecule has 0 aromatic heterocycles. The molecule has 0 N–H and O–H groups in total. The predicted octanol–water partition coefficient (Wildman–Crippen LogP) is 3.37. The van der Waals surface area contributed by atoms with Gasteiger partial charge in [-0.05, 0) is 30.0 Å². The average molecular weight is 209 g/mol. The Bertz CT molecular complexity index is 336. The third-order valence-electron chi connectivity index (χ3n) is 3.18. The van der Waals surface area contributed by atoms with Gasteiger partial charge in [0.15, 0.2) is 0 Å². The van der Waals surface area contributed by atoms with E-state index in [0.717, 1.165) is 17.5 Å². The molecule has 74 valence electrons. The third kappa shape index (κ3) is 1.55. The number of rotatable bonds is 3. The van der Waals surface area contributed by atoms with Crippen LogP contribution in [0.5, 0.6) is 0 Å². The van der Waals surface area contributed by atoms with Crippen LogP contribution in [0.25, 0.3) is 0 Å². The van der Waals surface area contributed by atoms with E-state index >= 15 is 0 Å². The first kappa shape index (κ1) is 8.75. The van der Waals surface area contributed by atoms with Crippen LogP contribution in [0.3, 0.4) is 0 Å². The van der Waals surface area contributed by atoms with Gasteiger partial charge in [-0.2, -0.15) is 0 Å². The fourth-order valence-corrected chi connectivity index (χ4v) is 2.16. The highest BCUT2D eigenvalue weighted by Crippen LogP contribution is 2.49. The highest BCUT2D eigenvalue weighted by molar-refractivity contribution is 6.30. The van der Waals surface area contributed by atoms with Crippen molar-refractivity contribution in [3.63, 3.8) is 0 Å². The van der Waals surface area contributed by atoms with Gasteiger partial charge in [-0.25, -0.2) is 0 Å². The quantitative estimate of drug-likeness (QED) is 0.694. The molecule has 2 heteroatoms. The van der Waals surface area contributed by atoms with Crippen molar-refractivity contribution in [2.75, 3.05) is 6.61 Å². The number of hydrogen-bond acceptors (Lipinski definition) is 1. The van der Waals surface area contributed by atoms with Gasteiger partial charge < -0.3 is 4.74 Å². The summed E-state index contributed by atoms with van der Waals surface area (Å²) in [6.07, 6.45) is 3.98. The molecule has 1 aliphatic heterocycles. The van der Waals surface area contributed by atoms with E-state index in [9.17, 15) is 0 Å². The summed E-state index contributed by atoms with van der Waals surface area (Å²) in [5, 5.41) is 0.802. The minimum absolute atomic E-state index is 0.0613. The maximum atomic E-state index is 5.86. The molecule has 2 fully saturated rings. The van der Waals surface area contributed by atoms with Gasteiger partial charge in [-0.3, -0.25) is 0 Å². The lowest BCUT2D eigenvalue weighted by Gasteiger charge is -2.11. The molecule has 1 heterocycles. The van der Waals surface area contributed by atoms with E-state index in [1.807, 2.05) is 12.1 Å². The van der Waals surface area contributed by atoms with Gasteiger partial charge in [-0.1, -0.05) is 36.6 Å². The van der Waals surface area contributed by atoms with Crippen LogP contribution in [-0.2, 0) is 10.3 Å². The van der Waals surface area contributed by atoms with E-state index in [4.69, 9.17) is 16.3 Å². The summed E-state index contributed by atoms with van der Waals surface area (Å²) in [5.41, 5.74) is 1.36. The van der Waals surface area contributed by atoms with E-state index in [-0.39, 0.29) is 5.60 Å². The molecule has 1 unspecified atom stereocenters. The summed E-state index contributed by atoms with van der Waals surface area (Å²) in [5.74, 6) is 0.910. The Morgan fingerprint density at radius 1 is 1.29 bits per heavy atom. The summed E-state index contributed by atoms with van der Waals surface area (Å²) >= 11 is 5.86. The van der Waals surface area contributed by atoms with E-state index < -0.39 is 0 Å². The van der Waals surface area contributed by atoms with Crippen LogP contribution in [-0.4, -0.2) is 6.61 Å². The normalized spacial score (nSPS) is 30.4. The van der Waals surface area contributed by atoms with E-state index in [0.29, 0.717) is 0 Å². The van der Waals surface area contributed by atoms with Gasteiger partial charge in [0.05, 0.1) is 6.61 Å². The van der Waals surface area contributed by atoms with Crippen molar-refractivity contribution in [2.24, 2.45) is 5.92 Å². The van der Waals surface area contributed by atoms with Gasteiger partial charge in [0.25, 0.3) is 0 Å². The third-order valence-corrected chi connectivity index (χ3v) is 3.43. The number of benzene rings is 1. The molecule has 1 atom stereocenters. The Hall–Kier alpha value is -0.530. The molecule has 0 bridgehead atoms. The zero-order valence-corrected chi connectivity index (χ0v) is 8.76. The molecule has 0 amide bonds. The van der Waals surface area contributed by atoms with Crippen LogP contribution < -0.4 is 0 Å². The van der Waals surface area contributed by atoms with Gasteiger partial charge in [0.1, 0.15) is 5.60 Å². The molecular weight excluding hydrogens is 196 g/mol. The van der Waals surface area contributed by atoms with Crippen molar-refractivity contribution in [1.82, 2.24) is 0 Å². The zero-order valence-electron chi connectivity index (χ0n) is 8.00. The minimum Gasteiger partial charge on any atom is -0.364 e. The molecule has 0 radical (unpaired) electrons. The molecule has 1 nitrogen and oxygen atoms in total. The summed E-state index contributed by atoms with van der Waals surface area (Å²) < 4.78 is 5.63. The van der Waals surface area contributed by atoms with Crippen LogP contribution in [0, 0.1) is 5.92 Å². The van der Waals surface area contributed by atoms with Crippen LogP contribution >= 0.6 is 11.6 Å². The smallest absolute Gasteiger partial charge is 0.117 e. The largest absolute Gasteiger partial charge is 0.364 e. The fourth-order valence-electron chi connectivity index (χ4n) is 2.03. The molecule has 1 aromatic rings. The van der Waals surface area contributed by atoms with Gasteiger partial charge in [0, 0.05) is 5.02 Å². The number of hydrogen-bond donors (Lipinski definition) is 0. The van der Waals surface area contributed by atoms with Crippen molar-refractivity contribution < 1.29 is 4.74 Å². The van der Waals surface area contributed by atoms with Crippen LogP contribution in [0.4, 0.5) is 0 Å². The SMILES string of the molecule is Clc1ccc(C2(CC3CC3)CO2)cc1. The molecule has 3 rings (SSSR count). The lowest BCUT2D eigenvalue weighted by molar-refractivity contribution is 0.282. The molecule has 1 saturated carbocycles. The van der Waals surface area contributed by atoms with Crippen LogP contribution in [0.1, 0.15) is 24.8 Å². The minimum atomic E-state index is 0.0613. The fraction of sp³-hybridized carbons (Fsp3) is 0.500. The highest BCUT2D eigenvalue weighted by atomic mass is 35.5. The molecular formula is C12H13ClO. The second kappa shape index (κ2) is 2.98. The lowest BCUT2D eigenvalue weighted by Crippen LogP contribution is -2.09. The first-order valence-electron chi connectivity index (χ1n) is 5.19. The summed E-state index contributed by atoms with van der Waals surface area (Å²) in [7, 11) is 0. The van der Waals surface area contributed by atoms with Crippen molar-refractivity contribution in [1.29, 1.82) is 0 Å². The Morgan fingerprint density at radius 3 is 2.43 bits per heavy atom. The molecule has 14 heavy (non-hydrogen) atoms. The topological polar surface area (TPSA) is 12.5 Å². The molecule has 1 saturated heterocycles. The van der Waals surface area contributed by atoms with Gasteiger partial charge >= 0.3 is 0 Å². The first-order valence-corrected chi connectivity index (χ1v) is 5.56. The Labute approximate surface area is 89.0 Å². The maximum Gasteiger partial charge on any atom is 0.117 e. The number of epoxide rings is 1. The molecule has 0 spiro atoms. The molecule has 2 aliphatic rings. The standard InChI is InChI=1S/C12H13ClO/c13-11-5-3-10(4-6-11)12(8-14-12)7-9-1-2-9/h3-6,9H,1-2,7-8H2. The summed E-state index contributed by atoms with van der Waals surface area (Å²) in [6, 6.07) is 8.09. The van der Waals surface area contributed by atoms with E-state index in [1.54, 1.807) is 0 Å². The van der Waals surface area contributed by atoms with Crippen LogP contribution in [0.15, 0.2) is 24.3 Å². The zero-order chi connectivity index (χ0) is 9.60. The van der Waals surface area contributed by atoms with Crippen molar-refractivity contribution >= 4 is 11.6 Å². The highest BCUT2D eigenvalue weighted by Gasteiger charge is 2.49. The summed E-state index contributed by atoms with van der Waals surface area (Å²) in [4.78, 5) is 0. The lowest BCUT2D eigenvalue weighted by atomic mass is 9.94. The Balaban J connectivity index is 1.82. The average Bonchev–Trinajstić information content (AvgIpc) is 3.05. The predicted molar refractivity (Wildman–Crippen MR) is 56.4 cm³/mol. The number of ether oxygens (including phenoxy) is 1. The maximum absolute atomic E-state index is 5.86. The van der Waals surface area contributed by atoms with E-state index in [1.165, 1.54) is 24.8 Å². The van der Waals surface area contributed by atoms with Crippen LogP contribution in [0.2, 0.25) is 5.02 Å². The monoisotopic (exact) mass is 208 g/mol. The Kier molecular flexibility index (Phi) is 1.86. The van der Waals surface area contributed by atoms with Crippen molar-refractivity contribution in [2.45, 2.75) is 24.9 Å². The van der Waals surface area contributed by atoms with Gasteiger partial charge in [-0.15, -0.1) is 0 Å². The second-order valence-electron chi connectivity index (χ2n) is 4.44. The van der Waals surface area contributed by atoms with Gasteiger partial charge in [0.2, 0.25) is 0 Å². The number of halogens is 1. The van der Waals surface area contributed by atoms with E-state index in [2.05, 4.69) is 12.1 Å².